The van der Waals surface area contributed by atoms with Gasteiger partial charge >= 0.3 is 5.97 Å². The van der Waals surface area contributed by atoms with Gasteiger partial charge in [-0.25, -0.2) is 4.98 Å². The zero-order valence-corrected chi connectivity index (χ0v) is 11.1. The van der Waals surface area contributed by atoms with Gasteiger partial charge in [-0.2, -0.15) is 0 Å². The summed E-state index contributed by atoms with van der Waals surface area (Å²) in [5, 5.41) is 8.87. The van der Waals surface area contributed by atoms with Gasteiger partial charge in [-0.05, 0) is 12.0 Å². The summed E-state index contributed by atoms with van der Waals surface area (Å²) in [5.41, 5.74) is 2.79. The summed E-state index contributed by atoms with van der Waals surface area (Å²) in [4.78, 5) is 15.1. The van der Waals surface area contributed by atoms with Crippen LogP contribution in [0.3, 0.4) is 0 Å². The Hall–Kier alpha value is -2.10. The Labute approximate surface area is 112 Å². The molecule has 0 fully saturated rings. The Morgan fingerprint density at radius 1 is 1.32 bits per heavy atom. The number of oxazole rings is 1. The van der Waals surface area contributed by atoms with E-state index >= 15 is 0 Å². The van der Waals surface area contributed by atoms with E-state index in [1.165, 1.54) is 5.56 Å². The number of aryl methyl sites for hydroxylation is 2. The molecule has 100 valence electrons. The van der Waals surface area contributed by atoms with Crippen molar-refractivity contribution in [3.8, 4) is 11.3 Å². The number of aliphatic carboxylic acids is 1. The molecule has 1 aromatic carbocycles. The number of carbonyl (C=O) groups is 1. The van der Waals surface area contributed by atoms with Crippen LogP contribution >= 0.6 is 0 Å². The van der Waals surface area contributed by atoms with Crippen LogP contribution in [0, 0.1) is 6.92 Å². The van der Waals surface area contributed by atoms with E-state index in [4.69, 9.17) is 9.52 Å². The van der Waals surface area contributed by atoms with Gasteiger partial charge < -0.3 is 9.52 Å². The largest absolute Gasteiger partial charge is 0.481 e. The van der Waals surface area contributed by atoms with Crippen molar-refractivity contribution in [1.29, 1.82) is 0 Å². The molecule has 0 saturated carbocycles. The minimum atomic E-state index is -0.917. The molecular formula is C15H17NO3. The molecule has 1 N–H and O–H groups in total. The Bertz CT molecular complexity index is 570. The van der Waals surface area contributed by atoms with Crippen molar-refractivity contribution >= 4 is 5.97 Å². The summed E-state index contributed by atoms with van der Waals surface area (Å²) in [7, 11) is 0. The van der Waals surface area contributed by atoms with Gasteiger partial charge in [-0.1, -0.05) is 37.6 Å². The fraction of sp³-hybridized carbons (Fsp3) is 0.333. The van der Waals surface area contributed by atoms with Crippen molar-refractivity contribution in [3.05, 3.63) is 41.5 Å². The van der Waals surface area contributed by atoms with Crippen molar-refractivity contribution in [1.82, 2.24) is 4.98 Å². The fourth-order valence-electron chi connectivity index (χ4n) is 2.07. The SMILES string of the molecule is CCCc1ccc(-c2nc(C)oc2CC(=O)O)cc1. The molecule has 0 atom stereocenters. The maximum absolute atomic E-state index is 10.8. The first-order valence-electron chi connectivity index (χ1n) is 6.37. The Kier molecular flexibility index (Phi) is 4.00. The van der Waals surface area contributed by atoms with Crippen LogP contribution in [0.25, 0.3) is 11.3 Å². The van der Waals surface area contributed by atoms with Crippen LogP contribution in [0.2, 0.25) is 0 Å². The van der Waals surface area contributed by atoms with Crippen molar-refractivity contribution in [2.75, 3.05) is 0 Å². The molecule has 2 aromatic rings. The molecule has 0 radical (unpaired) electrons. The standard InChI is InChI=1S/C15H17NO3/c1-3-4-11-5-7-12(8-6-11)15-13(9-14(17)18)19-10(2)16-15/h5-8H,3-4,9H2,1-2H3,(H,17,18). The molecule has 2 rings (SSSR count). The van der Waals surface area contributed by atoms with Gasteiger partial charge in [0.25, 0.3) is 0 Å². The molecule has 0 saturated heterocycles. The van der Waals surface area contributed by atoms with E-state index in [1.54, 1.807) is 6.92 Å². The molecule has 0 unspecified atom stereocenters. The van der Waals surface area contributed by atoms with E-state index in [0.717, 1.165) is 18.4 Å². The minimum Gasteiger partial charge on any atom is -0.481 e. The number of aromatic nitrogens is 1. The molecular weight excluding hydrogens is 242 g/mol. The van der Waals surface area contributed by atoms with Crippen LogP contribution in [0.1, 0.15) is 30.6 Å². The van der Waals surface area contributed by atoms with Crippen LogP contribution in [-0.4, -0.2) is 16.1 Å². The van der Waals surface area contributed by atoms with E-state index < -0.39 is 5.97 Å². The average molecular weight is 259 g/mol. The Balaban J connectivity index is 2.32. The first kappa shape index (κ1) is 13.3. The molecule has 0 amide bonds. The predicted octanol–water partition coefficient (Wildman–Crippen LogP) is 3.23. The highest BCUT2D eigenvalue weighted by Crippen LogP contribution is 2.25. The van der Waals surface area contributed by atoms with Gasteiger partial charge in [-0.15, -0.1) is 0 Å². The van der Waals surface area contributed by atoms with Gasteiger partial charge in [0.1, 0.15) is 17.9 Å². The third-order valence-electron chi connectivity index (χ3n) is 2.88. The smallest absolute Gasteiger partial charge is 0.311 e. The molecule has 0 spiro atoms. The van der Waals surface area contributed by atoms with Gasteiger partial charge in [0.15, 0.2) is 5.89 Å². The number of nitrogens with zero attached hydrogens (tertiary/aromatic N) is 1. The highest BCUT2D eigenvalue weighted by molar-refractivity contribution is 5.73. The Morgan fingerprint density at radius 3 is 2.58 bits per heavy atom. The second kappa shape index (κ2) is 5.69. The van der Waals surface area contributed by atoms with Crippen LogP contribution in [0.15, 0.2) is 28.7 Å². The molecule has 0 aliphatic rings. The monoisotopic (exact) mass is 259 g/mol. The number of rotatable bonds is 5. The average Bonchev–Trinajstić information content (AvgIpc) is 2.71. The number of hydrogen-bond acceptors (Lipinski definition) is 3. The summed E-state index contributed by atoms with van der Waals surface area (Å²) < 4.78 is 5.37. The lowest BCUT2D eigenvalue weighted by Crippen LogP contribution is -2.00. The molecule has 4 nitrogen and oxygen atoms in total. The van der Waals surface area contributed by atoms with Crippen molar-refractivity contribution < 1.29 is 14.3 Å². The maximum Gasteiger partial charge on any atom is 0.311 e. The lowest BCUT2D eigenvalue weighted by molar-refractivity contribution is -0.136. The van der Waals surface area contributed by atoms with Gasteiger partial charge in [0, 0.05) is 12.5 Å². The number of benzene rings is 1. The lowest BCUT2D eigenvalue weighted by Gasteiger charge is -2.02. The van der Waals surface area contributed by atoms with Crippen molar-refractivity contribution in [2.45, 2.75) is 33.1 Å². The summed E-state index contributed by atoms with van der Waals surface area (Å²) in [6.07, 6.45) is 2.00. The van der Waals surface area contributed by atoms with E-state index in [2.05, 4.69) is 11.9 Å². The normalized spacial score (nSPS) is 10.6. The fourth-order valence-corrected chi connectivity index (χ4v) is 2.07. The van der Waals surface area contributed by atoms with E-state index in [0.29, 0.717) is 17.3 Å². The quantitative estimate of drug-likeness (QED) is 0.895. The summed E-state index contributed by atoms with van der Waals surface area (Å²) in [6.45, 7) is 3.86. The number of hydrogen-bond donors (Lipinski definition) is 1. The zero-order chi connectivity index (χ0) is 13.8. The summed E-state index contributed by atoms with van der Waals surface area (Å²) in [5.74, 6) is -0.0165. The second-order valence-electron chi connectivity index (χ2n) is 4.52. The topological polar surface area (TPSA) is 63.3 Å². The highest BCUT2D eigenvalue weighted by Gasteiger charge is 2.15. The second-order valence-corrected chi connectivity index (χ2v) is 4.52. The molecule has 0 aliphatic heterocycles. The predicted molar refractivity (Wildman–Crippen MR) is 72.0 cm³/mol. The van der Waals surface area contributed by atoms with Crippen molar-refractivity contribution in [3.63, 3.8) is 0 Å². The number of carboxylic acid groups (broad SMARTS) is 1. The van der Waals surface area contributed by atoms with E-state index in [9.17, 15) is 4.79 Å². The summed E-state index contributed by atoms with van der Waals surface area (Å²) >= 11 is 0. The Morgan fingerprint density at radius 2 is 2.00 bits per heavy atom. The molecule has 4 heteroatoms. The van der Waals surface area contributed by atoms with Gasteiger partial charge in [0.2, 0.25) is 0 Å². The first-order valence-corrected chi connectivity index (χ1v) is 6.37. The van der Waals surface area contributed by atoms with E-state index in [1.807, 2.05) is 24.3 Å². The van der Waals surface area contributed by atoms with Gasteiger partial charge in [-0.3, -0.25) is 4.79 Å². The van der Waals surface area contributed by atoms with Crippen molar-refractivity contribution in [2.24, 2.45) is 0 Å². The third-order valence-corrected chi connectivity index (χ3v) is 2.88. The maximum atomic E-state index is 10.8. The lowest BCUT2D eigenvalue weighted by atomic mass is 10.0. The van der Waals surface area contributed by atoms with Gasteiger partial charge in [0.05, 0.1) is 0 Å². The first-order chi connectivity index (χ1) is 9.10. The van der Waals surface area contributed by atoms with E-state index in [-0.39, 0.29) is 6.42 Å². The highest BCUT2D eigenvalue weighted by atomic mass is 16.4. The van der Waals surface area contributed by atoms with Crippen LogP contribution < -0.4 is 0 Å². The molecule has 1 heterocycles. The summed E-state index contributed by atoms with van der Waals surface area (Å²) in [6, 6.07) is 8.03. The molecule has 0 aliphatic carbocycles. The molecule has 19 heavy (non-hydrogen) atoms. The van der Waals surface area contributed by atoms with Crippen LogP contribution in [-0.2, 0) is 17.6 Å². The van der Waals surface area contributed by atoms with Crippen LogP contribution in [0.4, 0.5) is 0 Å². The zero-order valence-electron chi connectivity index (χ0n) is 11.1. The third kappa shape index (κ3) is 3.22. The molecule has 0 bridgehead atoms. The minimum absolute atomic E-state index is 0.146. The van der Waals surface area contributed by atoms with Crippen LogP contribution in [0.5, 0.6) is 0 Å². The number of carboxylic acids is 1. The molecule has 1 aromatic heterocycles.